The van der Waals surface area contributed by atoms with E-state index in [1.165, 1.54) is 5.71 Å². The molecule has 24 heavy (non-hydrogen) atoms. The highest BCUT2D eigenvalue weighted by Crippen LogP contribution is 2.42. The van der Waals surface area contributed by atoms with E-state index in [4.69, 9.17) is 20.3 Å². The van der Waals surface area contributed by atoms with Crippen molar-refractivity contribution in [3.8, 4) is 0 Å². The van der Waals surface area contributed by atoms with Gasteiger partial charge in [-0.15, -0.1) is 10.2 Å². The highest BCUT2D eigenvalue weighted by molar-refractivity contribution is 5.89. The van der Waals surface area contributed by atoms with Crippen molar-refractivity contribution >= 4 is 5.71 Å². The number of hydrogen-bond donors (Lipinski definition) is 1. The molecule has 0 amide bonds. The van der Waals surface area contributed by atoms with Crippen molar-refractivity contribution in [1.82, 2.24) is 14.9 Å². The third kappa shape index (κ3) is 2.50. The van der Waals surface area contributed by atoms with Crippen LogP contribution < -0.4 is 5.73 Å². The van der Waals surface area contributed by atoms with E-state index >= 15 is 0 Å². The predicted molar refractivity (Wildman–Crippen MR) is 87.3 cm³/mol. The fourth-order valence-corrected chi connectivity index (χ4v) is 5.07. The molecule has 7 nitrogen and oxygen atoms in total. The molecular weight excluding hydrogens is 306 g/mol. The van der Waals surface area contributed by atoms with Crippen LogP contribution in [0.1, 0.15) is 44.3 Å². The van der Waals surface area contributed by atoms with Crippen LogP contribution in [0.15, 0.2) is 11.4 Å². The highest BCUT2D eigenvalue weighted by atomic mass is 16.7. The molecule has 2 N–H and O–H groups in total. The van der Waals surface area contributed by atoms with Gasteiger partial charge in [0.25, 0.3) is 0 Å². The number of rotatable bonds is 1. The van der Waals surface area contributed by atoms with Gasteiger partial charge in [0, 0.05) is 24.1 Å². The van der Waals surface area contributed by atoms with Gasteiger partial charge in [-0.1, -0.05) is 0 Å². The van der Waals surface area contributed by atoms with E-state index in [-0.39, 0.29) is 12.2 Å². The first-order valence-electron chi connectivity index (χ1n) is 9.24. The molecule has 7 heteroatoms. The molecule has 2 aliphatic carbocycles. The predicted octanol–water partition coefficient (Wildman–Crippen LogP) is 1.32. The lowest BCUT2D eigenvalue weighted by Crippen LogP contribution is -2.43. The van der Waals surface area contributed by atoms with Crippen LogP contribution in [-0.4, -0.2) is 45.6 Å². The Kier molecular flexibility index (Phi) is 3.68. The van der Waals surface area contributed by atoms with Crippen LogP contribution in [0.5, 0.6) is 0 Å². The molecule has 4 unspecified atom stereocenters. The Morgan fingerprint density at radius 2 is 1.88 bits per heavy atom. The van der Waals surface area contributed by atoms with Gasteiger partial charge in [0.2, 0.25) is 0 Å². The minimum Gasteiger partial charge on any atom is -0.349 e. The van der Waals surface area contributed by atoms with Crippen molar-refractivity contribution in [3.05, 3.63) is 12.2 Å². The molecule has 2 saturated carbocycles. The van der Waals surface area contributed by atoms with Gasteiger partial charge < -0.3 is 15.2 Å². The van der Waals surface area contributed by atoms with Gasteiger partial charge in [-0.05, 0) is 50.4 Å². The summed E-state index contributed by atoms with van der Waals surface area (Å²) in [5.41, 5.74) is 7.45. The standard InChI is InChI=1S/C17H25N5O2/c18-12-3-1-10(2-4-12)17-13-7-15-14(23-9-24-15)5-11(13)6-16-20-19-8-22(16)21-17/h8,10-15H,1-7,9,18H2. The van der Waals surface area contributed by atoms with Crippen LogP contribution in [0.2, 0.25) is 0 Å². The third-order valence-corrected chi connectivity index (χ3v) is 6.41. The van der Waals surface area contributed by atoms with Gasteiger partial charge in [-0.2, -0.15) is 5.10 Å². The minimum atomic E-state index is 0.228. The van der Waals surface area contributed by atoms with Gasteiger partial charge in [0.15, 0.2) is 5.82 Å². The maximum atomic E-state index is 6.12. The van der Waals surface area contributed by atoms with Gasteiger partial charge in [-0.25, -0.2) is 4.68 Å². The molecule has 3 fully saturated rings. The molecule has 1 aromatic heterocycles. The number of hydrogen-bond acceptors (Lipinski definition) is 6. The second-order valence-corrected chi connectivity index (χ2v) is 7.80. The molecule has 5 rings (SSSR count). The lowest BCUT2D eigenvalue weighted by atomic mass is 9.68. The summed E-state index contributed by atoms with van der Waals surface area (Å²) >= 11 is 0. The lowest BCUT2D eigenvalue weighted by Gasteiger charge is -2.39. The van der Waals surface area contributed by atoms with Crippen molar-refractivity contribution in [3.63, 3.8) is 0 Å². The molecule has 2 aliphatic heterocycles. The van der Waals surface area contributed by atoms with Gasteiger partial charge >= 0.3 is 0 Å². The van der Waals surface area contributed by atoms with Crippen LogP contribution in [0.3, 0.4) is 0 Å². The SMILES string of the molecule is NC1CCC(C2=Nn3cnnc3CC3CC4OCOC4CC23)CC1. The second-order valence-electron chi connectivity index (χ2n) is 7.80. The van der Waals surface area contributed by atoms with Crippen molar-refractivity contribution in [2.75, 3.05) is 6.79 Å². The second kappa shape index (κ2) is 5.89. The molecule has 1 aromatic rings. The van der Waals surface area contributed by atoms with E-state index in [0.29, 0.717) is 30.6 Å². The summed E-state index contributed by atoms with van der Waals surface area (Å²) < 4.78 is 13.5. The first kappa shape index (κ1) is 15.0. The van der Waals surface area contributed by atoms with E-state index < -0.39 is 0 Å². The van der Waals surface area contributed by atoms with E-state index in [9.17, 15) is 0 Å². The smallest absolute Gasteiger partial charge is 0.154 e. The topological polar surface area (TPSA) is 87.6 Å². The molecular formula is C17H25N5O2. The number of ether oxygens (including phenoxy) is 2. The summed E-state index contributed by atoms with van der Waals surface area (Å²) in [6.45, 7) is 0.440. The Morgan fingerprint density at radius 3 is 2.71 bits per heavy atom. The fraction of sp³-hybridized carbons (Fsp3) is 0.824. The van der Waals surface area contributed by atoms with Crippen molar-refractivity contribution in [1.29, 1.82) is 0 Å². The Hall–Kier alpha value is -1.31. The Balaban J connectivity index is 1.49. The van der Waals surface area contributed by atoms with Gasteiger partial charge in [-0.3, -0.25) is 0 Å². The van der Waals surface area contributed by atoms with Gasteiger partial charge in [0.05, 0.1) is 12.2 Å². The van der Waals surface area contributed by atoms with Crippen LogP contribution >= 0.6 is 0 Å². The van der Waals surface area contributed by atoms with Crippen LogP contribution in [0.4, 0.5) is 0 Å². The molecule has 0 aromatic carbocycles. The Bertz CT molecular complexity index is 637. The molecule has 0 bridgehead atoms. The van der Waals surface area contributed by atoms with Crippen LogP contribution in [0, 0.1) is 17.8 Å². The Morgan fingerprint density at radius 1 is 1.08 bits per heavy atom. The zero-order chi connectivity index (χ0) is 16.1. The van der Waals surface area contributed by atoms with Crippen molar-refractivity contribution in [2.45, 2.75) is 63.2 Å². The summed E-state index contributed by atoms with van der Waals surface area (Å²) in [7, 11) is 0. The highest BCUT2D eigenvalue weighted by Gasteiger charge is 2.46. The molecule has 0 spiro atoms. The summed E-state index contributed by atoms with van der Waals surface area (Å²) in [4.78, 5) is 0. The number of fused-ring (bicyclic) bond motifs is 3. The maximum Gasteiger partial charge on any atom is 0.154 e. The summed E-state index contributed by atoms with van der Waals surface area (Å²) in [6, 6.07) is 0.358. The van der Waals surface area contributed by atoms with E-state index in [1.54, 1.807) is 6.33 Å². The first-order valence-corrected chi connectivity index (χ1v) is 9.24. The van der Waals surface area contributed by atoms with Gasteiger partial charge in [0.1, 0.15) is 13.1 Å². The molecule has 1 saturated heterocycles. The average Bonchev–Trinajstić information content (AvgIpc) is 3.19. The molecule has 0 radical (unpaired) electrons. The third-order valence-electron chi connectivity index (χ3n) is 6.41. The number of nitrogens with two attached hydrogens (primary N) is 1. The summed E-state index contributed by atoms with van der Waals surface area (Å²) in [6.07, 6.45) is 9.68. The number of nitrogens with zero attached hydrogens (tertiary/aromatic N) is 4. The van der Waals surface area contributed by atoms with Crippen molar-refractivity contribution < 1.29 is 9.47 Å². The monoisotopic (exact) mass is 331 g/mol. The largest absolute Gasteiger partial charge is 0.349 e. The molecule has 4 aliphatic rings. The summed E-state index contributed by atoms with van der Waals surface area (Å²) in [5.74, 6) is 2.50. The maximum absolute atomic E-state index is 6.12. The van der Waals surface area contributed by atoms with Crippen molar-refractivity contribution in [2.24, 2.45) is 28.6 Å². The average molecular weight is 331 g/mol. The Labute approximate surface area is 141 Å². The fourth-order valence-electron chi connectivity index (χ4n) is 5.07. The molecule has 130 valence electrons. The summed E-state index contributed by atoms with van der Waals surface area (Å²) in [5, 5.41) is 13.4. The molecule has 3 heterocycles. The van der Waals surface area contributed by atoms with E-state index in [2.05, 4.69) is 10.2 Å². The lowest BCUT2D eigenvalue weighted by molar-refractivity contribution is 0.0388. The minimum absolute atomic E-state index is 0.228. The first-order chi connectivity index (χ1) is 11.8. The normalized spacial score (nSPS) is 41.8. The molecule has 4 atom stereocenters. The van der Waals surface area contributed by atoms with E-state index in [1.807, 2.05) is 4.68 Å². The van der Waals surface area contributed by atoms with Crippen LogP contribution in [-0.2, 0) is 15.9 Å². The number of aromatic nitrogens is 3. The van der Waals surface area contributed by atoms with Crippen LogP contribution in [0.25, 0.3) is 0 Å². The van der Waals surface area contributed by atoms with E-state index in [0.717, 1.165) is 50.8 Å². The zero-order valence-corrected chi connectivity index (χ0v) is 13.9. The quantitative estimate of drug-likeness (QED) is 0.838. The zero-order valence-electron chi connectivity index (χ0n) is 13.9.